The maximum Gasteiger partial charge on any atom is 0.193 e. The van der Waals surface area contributed by atoms with E-state index in [9.17, 15) is 0 Å². The fourth-order valence-electron chi connectivity index (χ4n) is 2.38. The van der Waals surface area contributed by atoms with Crippen molar-refractivity contribution in [3.63, 3.8) is 0 Å². The summed E-state index contributed by atoms with van der Waals surface area (Å²) < 4.78 is 11.3. The minimum absolute atomic E-state index is 0. The molecule has 1 aromatic heterocycles. The first kappa shape index (κ1) is 19.8. The number of benzene rings is 1. The molecule has 0 unspecified atom stereocenters. The molecule has 2 aromatic rings. The Hall–Kier alpha value is -1.55. The van der Waals surface area contributed by atoms with Crippen molar-refractivity contribution in [2.45, 2.75) is 26.2 Å². The molecule has 0 atom stereocenters. The van der Waals surface area contributed by atoms with E-state index in [4.69, 9.17) is 15.2 Å². The Morgan fingerprint density at radius 1 is 1.32 bits per heavy atom. The summed E-state index contributed by atoms with van der Waals surface area (Å²) in [4.78, 5) is 8.80. The van der Waals surface area contributed by atoms with Crippen LogP contribution in [0.25, 0.3) is 0 Å². The van der Waals surface area contributed by atoms with Gasteiger partial charge in [0, 0.05) is 42.2 Å². The zero-order valence-corrected chi connectivity index (χ0v) is 17.3. The number of hydrogen-bond acceptors (Lipinski definition) is 5. The number of hydrogen-bond donors (Lipinski definition) is 2. The summed E-state index contributed by atoms with van der Waals surface area (Å²) in [5, 5.41) is 6.31. The Labute approximate surface area is 168 Å². The lowest BCUT2D eigenvalue weighted by atomic mass is 10.3. The van der Waals surface area contributed by atoms with Crippen molar-refractivity contribution < 1.29 is 9.47 Å². The molecule has 136 valence electrons. The highest BCUT2D eigenvalue weighted by molar-refractivity contribution is 14.0. The molecule has 0 spiro atoms. The van der Waals surface area contributed by atoms with Crippen LogP contribution in [0.5, 0.6) is 11.5 Å². The average molecular weight is 474 g/mol. The Kier molecular flexibility index (Phi) is 7.76. The number of aromatic nitrogens is 1. The van der Waals surface area contributed by atoms with Gasteiger partial charge in [-0.15, -0.1) is 35.3 Å². The molecule has 0 saturated heterocycles. The molecule has 3 rings (SSSR count). The fraction of sp³-hybridized carbons (Fsp3) is 0.412. The number of thiazole rings is 1. The highest BCUT2D eigenvalue weighted by Crippen LogP contribution is 2.32. The maximum absolute atomic E-state index is 5.95. The maximum atomic E-state index is 5.95. The molecule has 0 saturated carbocycles. The largest absolute Gasteiger partial charge is 0.490 e. The topological polar surface area (TPSA) is 81.8 Å². The minimum Gasteiger partial charge on any atom is -0.490 e. The third kappa shape index (κ3) is 6.03. The molecular formula is C17H23IN4O2S. The fourth-order valence-corrected chi connectivity index (χ4v) is 3.19. The van der Waals surface area contributed by atoms with E-state index >= 15 is 0 Å². The summed E-state index contributed by atoms with van der Waals surface area (Å²) in [5.41, 5.74) is 7.87. The Morgan fingerprint density at radius 3 is 2.88 bits per heavy atom. The number of ether oxygens (including phenoxy) is 2. The summed E-state index contributed by atoms with van der Waals surface area (Å²) in [7, 11) is 0. The molecule has 8 heteroatoms. The standard InChI is InChI=1S/C17H22N4O2S.HI/c1-12-11-24-16(20-12)4-2-7-19-17(18)21-13-5-6-14-15(10-13)23-9-3-8-22-14;/h5-6,10-11H,2-4,7-9H2,1H3,(H3,18,19,21);1H. The number of anilines is 1. The van der Waals surface area contributed by atoms with Gasteiger partial charge in [0.25, 0.3) is 0 Å². The van der Waals surface area contributed by atoms with Gasteiger partial charge in [0.1, 0.15) is 0 Å². The number of aryl methyl sites for hydroxylation is 2. The SMILES string of the molecule is Cc1csc(CCCN=C(N)Nc2ccc3c(c2)OCCCO3)n1.I. The third-order valence-electron chi connectivity index (χ3n) is 3.52. The minimum atomic E-state index is 0. The first-order chi connectivity index (χ1) is 11.7. The van der Waals surface area contributed by atoms with Crippen LogP contribution in [-0.4, -0.2) is 30.7 Å². The van der Waals surface area contributed by atoms with E-state index < -0.39 is 0 Å². The third-order valence-corrected chi connectivity index (χ3v) is 4.54. The summed E-state index contributed by atoms with van der Waals surface area (Å²) in [6.45, 7) is 4.02. The van der Waals surface area contributed by atoms with Crippen LogP contribution in [0, 0.1) is 6.92 Å². The number of rotatable bonds is 5. The van der Waals surface area contributed by atoms with E-state index in [0.717, 1.165) is 47.2 Å². The lowest BCUT2D eigenvalue weighted by Gasteiger charge is -2.10. The van der Waals surface area contributed by atoms with Crippen molar-refractivity contribution in [3.05, 3.63) is 34.3 Å². The van der Waals surface area contributed by atoms with E-state index in [0.29, 0.717) is 25.7 Å². The van der Waals surface area contributed by atoms with Gasteiger partial charge in [-0.1, -0.05) is 0 Å². The molecule has 1 aliphatic rings. The van der Waals surface area contributed by atoms with Crippen molar-refractivity contribution in [2.75, 3.05) is 25.1 Å². The molecule has 25 heavy (non-hydrogen) atoms. The molecule has 0 bridgehead atoms. The van der Waals surface area contributed by atoms with Crippen LogP contribution < -0.4 is 20.5 Å². The van der Waals surface area contributed by atoms with Crippen molar-refractivity contribution in [1.82, 2.24) is 4.98 Å². The van der Waals surface area contributed by atoms with Gasteiger partial charge >= 0.3 is 0 Å². The Balaban J connectivity index is 0.00000225. The molecular weight excluding hydrogens is 451 g/mol. The van der Waals surface area contributed by atoms with Gasteiger partial charge in [-0.25, -0.2) is 4.98 Å². The van der Waals surface area contributed by atoms with Gasteiger partial charge in [-0.2, -0.15) is 0 Å². The zero-order valence-electron chi connectivity index (χ0n) is 14.2. The van der Waals surface area contributed by atoms with Crippen LogP contribution >= 0.6 is 35.3 Å². The van der Waals surface area contributed by atoms with Crippen molar-refractivity contribution in [1.29, 1.82) is 0 Å². The average Bonchev–Trinajstić information content (AvgIpc) is 2.84. The van der Waals surface area contributed by atoms with Crippen molar-refractivity contribution in [3.8, 4) is 11.5 Å². The van der Waals surface area contributed by atoms with Crippen LogP contribution in [0.3, 0.4) is 0 Å². The number of nitrogens with two attached hydrogens (primary N) is 1. The quantitative estimate of drug-likeness (QED) is 0.300. The van der Waals surface area contributed by atoms with Crippen LogP contribution in [0.4, 0.5) is 5.69 Å². The predicted molar refractivity (Wildman–Crippen MR) is 113 cm³/mol. The second kappa shape index (κ2) is 9.81. The monoisotopic (exact) mass is 474 g/mol. The molecule has 0 fully saturated rings. The van der Waals surface area contributed by atoms with E-state index in [-0.39, 0.29) is 24.0 Å². The second-order valence-corrected chi connectivity index (χ2v) is 6.53. The van der Waals surface area contributed by atoms with Gasteiger partial charge in [0.2, 0.25) is 0 Å². The van der Waals surface area contributed by atoms with Crippen molar-refractivity contribution >= 4 is 47.0 Å². The normalized spacial score (nSPS) is 13.7. The smallest absolute Gasteiger partial charge is 0.193 e. The molecule has 3 N–H and O–H groups in total. The molecule has 0 radical (unpaired) electrons. The summed E-state index contributed by atoms with van der Waals surface area (Å²) >= 11 is 1.69. The lowest BCUT2D eigenvalue weighted by molar-refractivity contribution is 0.297. The first-order valence-electron chi connectivity index (χ1n) is 8.08. The summed E-state index contributed by atoms with van der Waals surface area (Å²) in [6, 6.07) is 5.69. The molecule has 1 aromatic carbocycles. The lowest BCUT2D eigenvalue weighted by Crippen LogP contribution is -2.22. The number of aliphatic imine (C=N–C) groups is 1. The molecule has 0 amide bonds. The van der Waals surface area contributed by atoms with Crippen molar-refractivity contribution in [2.24, 2.45) is 10.7 Å². The van der Waals surface area contributed by atoms with Crippen LogP contribution in [-0.2, 0) is 6.42 Å². The van der Waals surface area contributed by atoms with Gasteiger partial charge in [-0.3, -0.25) is 4.99 Å². The molecule has 2 heterocycles. The second-order valence-electron chi connectivity index (χ2n) is 5.59. The van der Waals surface area contributed by atoms with Crippen LogP contribution in [0.1, 0.15) is 23.5 Å². The molecule has 0 aliphatic carbocycles. The Bertz CT molecular complexity index is 720. The molecule has 6 nitrogen and oxygen atoms in total. The van der Waals surface area contributed by atoms with Crippen LogP contribution in [0.2, 0.25) is 0 Å². The molecule has 1 aliphatic heterocycles. The predicted octanol–water partition coefficient (Wildman–Crippen LogP) is 3.59. The van der Waals surface area contributed by atoms with E-state index in [2.05, 4.69) is 20.7 Å². The summed E-state index contributed by atoms with van der Waals surface area (Å²) in [5.74, 6) is 1.91. The van der Waals surface area contributed by atoms with E-state index in [1.165, 1.54) is 0 Å². The number of halogens is 1. The summed E-state index contributed by atoms with van der Waals surface area (Å²) in [6.07, 6.45) is 2.75. The Morgan fingerprint density at radius 2 is 2.12 bits per heavy atom. The number of guanidine groups is 1. The highest BCUT2D eigenvalue weighted by Gasteiger charge is 2.10. The zero-order chi connectivity index (χ0) is 16.8. The van der Waals surface area contributed by atoms with Gasteiger partial charge < -0.3 is 20.5 Å². The first-order valence-corrected chi connectivity index (χ1v) is 8.96. The van der Waals surface area contributed by atoms with E-state index in [1.807, 2.05) is 25.1 Å². The number of fused-ring (bicyclic) bond motifs is 1. The number of nitrogens with zero attached hydrogens (tertiary/aromatic N) is 2. The van der Waals surface area contributed by atoms with Crippen LogP contribution in [0.15, 0.2) is 28.6 Å². The van der Waals surface area contributed by atoms with Gasteiger partial charge in [0.05, 0.1) is 18.2 Å². The number of nitrogens with one attached hydrogen (secondary N) is 1. The van der Waals surface area contributed by atoms with Gasteiger partial charge in [-0.05, 0) is 25.5 Å². The van der Waals surface area contributed by atoms with Gasteiger partial charge in [0.15, 0.2) is 17.5 Å². The highest BCUT2D eigenvalue weighted by atomic mass is 127. The van der Waals surface area contributed by atoms with E-state index in [1.54, 1.807) is 11.3 Å².